The van der Waals surface area contributed by atoms with E-state index in [4.69, 9.17) is 4.74 Å². The van der Waals surface area contributed by atoms with Gasteiger partial charge in [-0.1, -0.05) is 13.8 Å². The van der Waals surface area contributed by atoms with Gasteiger partial charge in [0.2, 0.25) is 5.91 Å². The molecule has 2 aliphatic heterocycles. The number of hydrogen-bond acceptors (Lipinski definition) is 4. The van der Waals surface area contributed by atoms with Gasteiger partial charge in [0.15, 0.2) is 0 Å². The average Bonchev–Trinajstić information content (AvgIpc) is 2.90. The van der Waals surface area contributed by atoms with Crippen molar-refractivity contribution in [2.75, 3.05) is 31.3 Å². The molecule has 0 aliphatic carbocycles. The van der Waals surface area contributed by atoms with Crippen molar-refractivity contribution in [1.82, 2.24) is 10.2 Å². The third kappa shape index (κ3) is 3.87. The summed E-state index contributed by atoms with van der Waals surface area (Å²) in [6.07, 6.45) is 2.32. The van der Waals surface area contributed by atoms with Gasteiger partial charge in [-0.05, 0) is 18.8 Å². The number of piperidine rings is 1. The van der Waals surface area contributed by atoms with E-state index >= 15 is 0 Å². The van der Waals surface area contributed by atoms with Gasteiger partial charge in [-0.15, -0.1) is 11.8 Å². The van der Waals surface area contributed by atoms with Gasteiger partial charge in [-0.25, -0.2) is 0 Å². The smallest absolute Gasteiger partial charge is 0.240 e. The van der Waals surface area contributed by atoms with Crippen LogP contribution in [0.25, 0.3) is 0 Å². The lowest BCUT2D eigenvalue weighted by atomic mass is 10.1. The molecule has 1 amide bonds. The maximum Gasteiger partial charge on any atom is 0.240 e. The van der Waals surface area contributed by atoms with Gasteiger partial charge in [0.1, 0.15) is 0 Å². The summed E-state index contributed by atoms with van der Waals surface area (Å²) < 4.78 is 5.84. The lowest BCUT2D eigenvalue weighted by molar-refractivity contribution is -0.135. The molecule has 1 atom stereocenters. The highest BCUT2D eigenvalue weighted by Gasteiger charge is 2.30. The zero-order chi connectivity index (χ0) is 13.0. The first-order valence-corrected chi connectivity index (χ1v) is 8.04. The van der Waals surface area contributed by atoms with Crippen molar-refractivity contribution in [3.8, 4) is 0 Å². The van der Waals surface area contributed by atoms with Gasteiger partial charge in [0.05, 0.1) is 12.1 Å². The topological polar surface area (TPSA) is 41.6 Å². The molecule has 0 spiro atoms. The van der Waals surface area contributed by atoms with Gasteiger partial charge in [0, 0.05) is 31.3 Å². The Balaban J connectivity index is 1.70. The number of likely N-dealkylation sites (tertiary alicyclic amines) is 1. The van der Waals surface area contributed by atoms with Crippen LogP contribution in [0.3, 0.4) is 0 Å². The number of hydrogen-bond donors (Lipinski definition) is 1. The number of thioether (sulfide) groups is 1. The minimum absolute atomic E-state index is 0.0446. The number of carbonyl (C=O) groups excluding carboxylic acids is 1. The summed E-state index contributed by atoms with van der Waals surface area (Å²) in [6.45, 7) is 6.87. The van der Waals surface area contributed by atoms with Crippen LogP contribution in [0.15, 0.2) is 0 Å². The Morgan fingerprint density at radius 2 is 2.17 bits per heavy atom. The van der Waals surface area contributed by atoms with Crippen molar-refractivity contribution in [3.05, 3.63) is 0 Å². The Bertz CT molecular complexity index is 272. The number of nitrogens with one attached hydrogen (secondary N) is 1. The van der Waals surface area contributed by atoms with Crippen molar-refractivity contribution in [1.29, 1.82) is 0 Å². The minimum atomic E-state index is 0.0446. The first-order valence-electron chi connectivity index (χ1n) is 6.88. The highest BCUT2D eigenvalue weighted by Crippen LogP contribution is 2.18. The molecular weight excluding hydrogens is 248 g/mol. The molecule has 2 aliphatic rings. The number of ether oxygens (including phenoxy) is 1. The normalized spacial score (nSPS) is 25.9. The molecule has 2 fully saturated rings. The second-order valence-corrected chi connectivity index (χ2v) is 6.55. The lowest BCUT2D eigenvalue weighted by Crippen LogP contribution is -2.49. The molecule has 1 N–H and O–H groups in total. The second kappa shape index (κ2) is 6.78. The van der Waals surface area contributed by atoms with Crippen molar-refractivity contribution in [2.45, 2.75) is 38.8 Å². The molecule has 104 valence electrons. The first-order chi connectivity index (χ1) is 8.66. The Kier molecular flexibility index (Phi) is 5.33. The molecule has 2 saturated heterocycles. The Morgan fingerprint density at radius 1 is 1.44 bits per heavy atom. The molecule has 0 aromatic carbocycles. The first kappa shape index (κ1) is 14.2. The number of amides is 1. The fraction of sp³-hybridized carbons (Fsp3) is 0.923. The van der Waals surface area contributed by atoms with E-state index in [9.17, 15) is 4.79 Å². The van der Waals surface area contributed by atoms with E-state index in [2.05, 4.69) is 19.2 Å². The molecule has 4 nitrogen and oxygen atoms in total. The molecule has 5 heteroatoms. The van der Waals surface area contributed by atoms with E-state index in [0.29, 0.717) is 12.0 Å². The van der Waals surface area contributed by atoms with E-state index in [0.717, 1.165) is 44.2 Å². The third-order valence-corrected chi connectivity index (χ3v) is 4.37. The van der Waals surface area contributed by atoms with E-state index in [1.807, 2.05) is 4.90 Å². The van der Waals surface area contributed by atoms with Crippen molar-refractivity contribution < 1.29 is 9.53 Å². The average molecular weight is 272 g/mol. The van der Waals surface area contributed by atoms with Crippen LogP contribution in [0.1, 0.15) is 26.7 Å². The van der Waals surface area contributed by atoms with E-state index in [-0.39, 0.29) is 11.9 Å². The maximum absolute atomic E-state index is 12.2. The van der Waals surface area contributed by atoms with Gasteiger partial charge in [-0.3, -0.25) is 10.1 Å². The molecule has 1 unspecified atom stereocenters. The number of carbonyl (C=O) groups is 1. The molecule has 0 aromatic rings. The summed E-state index contributed by atoms with van der Waals surface area (Å²) in [5.74, 6) is 2.69. The summed E-state index contributed by atoms with van der Waals surface area (Å²) in [6, 6.07) is 0.0446. The van der Waals surface area contributed by atoms with E-state index < -0.39 is 0 Å². The van der Waals surface area contributed by atoms with Crippen LogP contribution in [-0.4, -0.2) is 54.3 Å². The Hall–Kier alpha value is -0.260. The molecule has 0 radical (unpaired) electrons. The van der Waals surface area contributed by atoms with Crippen LogP contribution in [0, 0.1) is 5.92 Å². The number of nitrogens with zero attached hydrogens (tertiary/aromatic N) is 1. The van der Waals surface area contributed by atoms with E-state index in [1.165, 1.54) is 0 Å². The monoisotopic (exact) mass is 272 g/mol. The van der Waals surface area contributed by atoms with Crippen LogP contribution in [0.2, 0.25) is 0 Å². The summed E-state index contributed by atoms with van der Waals surface area (Å²) in [5.41, 5.74) is 0. The zero-order valence-corrected chi connectivity index (χ0v) is 12.2. The summed E-state index contributed by atoms with van der Waals surface area (Å²) in [5, 5.41) is 3.25. The second-order valence-electron chi connectivity index (χ2n) is 5.52. The summed E-state index contributed by atoms with van der Waals surface area (Å²) >= 11 is 1.80. The molecule has 2 rings (SSSR count). The SMILES string of the molecule is CC(C)COC1CCN(C(=O)C2CSCN2)CC1. The summed E-state index contributed by atoms with van der Waals surface area (Å²) in [4.78, 5) is 14.2. The lowest BCUT2D eigenvalue weighted by Gasteiger charge is -2.33. The molecule has 18 heavy (non-hydrogen) atoms. The predicted molar refractivity (Wildman–Crippen MR) is 74.6 cm³/mol. The highest BCUT2D eigenvalue weighted by atomic mass is 32.2. The largest absolute Gasteiger partial charge is 0.378 e. The molecule has 0 saturated carbocycles. The predicted octanol–water partition coefficient (Wildman–Crippen LogP) is 1.31. The van der Waals surface area contributed by atoms with Gasteiger partial charge in [-0.2, -0.15) is 0 Å². The Labute approximate surface area is 114 Å². The zero-order valence-electron chi connectivity index (χ0n) is 11.4. The van der Waals surface area contributed by atoms with Crippen molar-refractivity contribution in [3.63, 3.8) is 0 Å². The maximum atomic E-state index is 12.2. The van der Waals surface area contributed by atoms with Gasteiger partial charge < -0.3 is 9.64 Å². The third-order valence-electron chi connectivity index (χ3n) is 3.43. The van der Waals surface area contributed by atoms with E-state index in [1.54, 1.807) is 11.8 Å². The molecular formula is C13H24N2O2S. The van der Waals surface area contributed by atoms with Crippen LogP contribution in [-0.2, 0) is 9.53 Å². The quantitative estimate of drug-likeness (QED) is 0.838. The fourth-order valence-corrected chi connectivity index (χ4v) is 3.28. The Morgan fingerprint density at radius 3 is 2.72 bits per heavy atom. The van der Waals surface area contributed by atoms with Gasteiger partial charge in [0.25, 0.3) is 0 Å². The number of rotatable bonds is 4. The van der Waals surface area contributed by atoms with Gasteiger partial charge >= 0.3 is 0 Å². The van der Waals surface area contributed by atoms with Crippen LogP contribution >= 0.6 is 11.8 Å². The van der Waals surface area contributed by atoms with Crippen LogP contribution in [0.4, 0.5) is 0 Å². The van der Waals surface area contributed by atoms with Crippen molar-refractivity contribution >= 4 is 17.7 Å². The molecule has 0 aromatic heterocycles. The molecule has 0 bridgehead atoms. The minimum Gasteiger partial charge on any atom is -0.378 e. The van der Waals surface area contributed by atoms with Crippen LogP contribution in [0.5, 0.6) is 0 Å². The highest BCUT2D eigenvalue weighted by molar-refractivity contribution is 7.99. The molecule has 2 heterocycles. The standard InChI is InChI=1S/C13H24N2O2S/c1-10(2)7-17-11-3-5-15(6-4-11)13(16)12-8-18-9-14-12/h10-12,14H,3-9H2,1-2H3. The fourth-order valence-electron chi connectivity index (χ4n) is 2.35. The van der Waals surface area contributed by atoms with Crippen molar-refractivity contribution in [2.24, 2.45) is 5.92 Å². The van der Waals surface area contributed by atoms with Crippen LogP contribution < -0.4 is 5.32 Å². The summed E-state index contributed by atoms with van der Waals surface area (Å²) in [7, 11) is 0.